The minimum atomic E-state index is 0.717. The van der Waals surface area contributed by atoms with Crippen molar-refractivity contribution in [2.75, 3.05) is 21.3 Å². The molecule has 0 spiro atoms. The SMILES string of the molecule is COc1ccc(-c2sc(-c3ccc(OC)c(OC)c3)cc2CSc2nc(C)cc(C)n2)cc1. The Labute approximate surface area is 202 Å². The Balaban J connectivity index is 1.72. The molecule has 0 unspecified atom stereocenters. The van der Waals surface area contributed by atoms with Crippen molar-refractivity contribution in [2.45, 2.75) is 24.8 Å². The van der Waals surface area contributed by atoms with E-state index in [0.29, 0.717) is 5.75 Å². The summed E-state index contributed by atoms with van der Waals surface area (Å²) in [4.78, 5) is 11.6. The highest BCUT2D eigenvalue weighted by molar-refractivity contribution is 7.98. The van der Waals surface area contributed by atoms with Crippen molar-refractivity contribution in [3.63, 3.8) is 0 Å². The van der Waals surface area contributed by atoms with E-state index in [1.54, 1.807) is 44.4 Å². The smallest absolute Gasteiger partial charge is 0.188 e. The Morgan fingerprint density at radius 3 is 2.06 bits per heavy atom. The van der Waals surface area contributed by atoms with Gasteiger partial charge in [0, 0.05) is 26.9 Å². The summed E-state index contributed by atoms with van der Waals surface area (Å²) in [6.07, 6.45) is 0. The van der Waals surface area contributed by atoms with Crippen molar-refractivity contribution in [3.8, 4) is 38.1 Å². The fourth-order valence-electron chi connectivity index (χ4n) is 3.55. The van der Waals surface area contributed by atoms with Crippen LogP contribution in [0.1, 0.15) is 17.0 Å². The van der Waals surface area contributed by atoms with E-state index in [1.165, 1.54) is 15.3 Å². The Morgan fingerprint density at radius 2 is 1.42 bits per heavy atom. The zero-order chi connectivity index (χ0) is 23.4. The summed E-state index contributed by atoms with van der Waals surface area (Å²) in [6, 6.07) is 18.5. The van der Waals surface area contributed by atoms with Crippen molar-refractivity contribution < 1.29 is 14.2 Å². The zero-order valence-electron chi connectivity index (χ0n) is 19.3. The molecule has 0 N–H and O–H groups in total. The number of ether oxygens (including phenoxy) is 3. The van der Waals surface area contributed by atoms with Gasteiger partial charge in [0.25, 0.3) is 0 Å². The molecule has 2 aromatic heterocycles. The van der Waals surface area contributed by atoms with E-state index in [4.69, 9.17) is 14.2 Å². The molecule has 0 radical (unpaired) electrons. The molecule has 0 atom stereocenters. The van der Waals surface area contributed by atoms with Crippen molar-refractivity contribution >= 4 is 23.1 Å². The zero-order valence-corrected chi connectivity index (χ0v) is 21.0. The predicted molar refractivity (Wildman–Crippen MR) is 136 cm³/mol. The number of hydrogen-bond acceptors (Lipinski definition) is 7. The third kappa shape index (κ3) is 5.31. The molecule has 33 heavy (non-hydrogen) atoms. The maximum Gasteiger partial charge on any atom is 0.188 e. The summed E-state index contributed by atoms with van der Waals surface area (Å²) in [5.74, 6) is 3.05. The van der Waals surface area contributed by atoms with E-state index in [1.807, 2.05) is 44.2 Å². The van der Waals surface area contributed by atoms with E-state index >= 15 is 0 Å². The van der Waals surface area contributed by atoms with Gasteiger partial charge < -0.3 is 14.2 Å². The molecule has 0 aliphatic rings. The van der Waals surface area contributed by atoms with Crippen LogP contribution >= 0.6 is 23.1 Å². The maximum atomic E-state index is 5.52. The number of aromatic nitrogens is 2. The molecule has 2 aromatic carbocycles. The first-order chi connectivity index (χ1) is 16.0. The minimum Gasteiger partial charge on any atom is -0.497 e. The molecule has 0 aliphatic carbocycles. The average Bonchev–Trinajstić information content (AvgIpc) is 3.26. The van der Waals surface area contributed by atoms with E-state index in [0.717, 1.165) is 44.9 Å². The van der Waals surface area contributed by atoms with Gasteiger partial charge in [-0.25, -0.2) is 9.97 Å². The van der Waals surface area contributed by atoms with Gasteiger partial charge in [-0.2, -0.15) is 0 Å². The van der Waals surface area contributed by atoms with Crippen LogP contribution in [0.4, 0.5) is 0 Å². The number of rotatable bonds is 8. The molecule has 0 fully saturated rings. The molecule has 0 aliphatic heterocycles. The van der Waals surface area contributed by atoms with Crippen LogP contribution in [0.25, 0.3) is 20.9 Å². The first kappa shape index (κ1) is 23.1. The lowest BCUT2D eigenvalue weighted by molar-refractivity contribution is 0.355. The first-order valence-corrected chi connectivity index (χ1v) is 12.3. The molecule has 2 heterocycles. The summed E-state index contributed by atoms with van der Waals surface area (Å²) in [7, 11) is 4.99. The van der Waals surface area contributed by atoms with Crippen LogP contribution in [0.3, 0.4) is 0 Å². The van der Waals surface area contributed by atoms with Gasteiger partial charge in [0.1, 0.15) is 5.75 Å². The average molecular weight is 479 g/mol. The summed E-state index contributed by atoms with van der Waals surface area (Å²) < 4.78 is 16.3. The number of thiophene rings is 1. The van der Waals surface area contributed by atoms with Crippen molar-refractivity contribution in [2.24, 2.45) is 0 Å². The highest BCUT2D eigenvalue weighted by atomic mass is 32.2. The van der Waals surface area contributed by atoms with Crippen molar-refractivity contribution in [3.05, 3.63) is 71.5 Å². The Hall–Kier alpha value is -3.03. The first-order valence-electron chi connectivity index (χ1n) is 10.5. The second-order valence-electron chi connectivity index (χ2n) is 7.49. The largest absolute Gasteiger partial charge is 0.497 e. The Kier molecular flexibility index (Phi) is 7.20. The van der Waals surface area contributed by atoms with E-state index < -0.39 is 0 Å². The molecule has 5 nitrogen and oxygen atoms in total. The van der Waals surface area contributed by atoms with Gasteiger partial charge in [-0.3, -0.25) is 0 Å². The third-order valence-electron chi connectivity index (χ3n) is 5.15. The van der Waals surface area contributed by atoms with Gasteiger partial charge in [0.15, 0.2) is 16.7 Å². The predicted octanol–water partition coefficient (Wildman–Crippen LogP) is 6.81. The van der Waals surface area contributed by atoms with Crippen molar-refractivity contribution in [1.82, 2.24) is 9.97 Å². The molecule has 7 heteroatoms. The summed E-state index contributed by atoms with van der Waals surface area (Å²) in [5, 5.41) is 0.798. The monoisotopic (exact) mass is 478 g/mol. The number of benzene rings is 2. The van der Waals surface area contributed by atoms with Crippen LogP contribution in [0.2, 0.25) is 0 Å². The highest BCUT2D eigenvalue weighted by Crippen LogP contribution is 2.42. The Bertz CT molecular complexity index is 1230. The van der Waals surface area contributed by atoms with Crippen LogP contribution < -0.4 is 14.2 Å². The second kappa shape index (κ2) is 10.3. The molecule has 170 valence electrons. The van der Waals surface area contributed by atoms with E-state index in [2.05, 4.69) is 34.2 Å². The molecule has 4 aromatic rings. The van der Waals surface area contributed by atoms with Gasteiger partial charge in [-0.15, -0.1) is 11.3 Å². The molecule has 0 saturated carbocycles. The number of nitrogens with zero attached hydrogens (tertiary/aromatic N) is 2. The summed E-state index contributed by atoms with van der Waals surface area (Å²) in [5.41, 5.74) is 5.45. The van der Waals surface area contributed by atoms with Gasteiger partial charge in [-0.1, -0.05) is 11.8 Å². The van der Waals surface area contributed by atoms with Gasteiger partial charge >= 0.3 is 0 Å². The van der Waals surface area contributed by atoms with Crippen LogP contribution in [0.15, 0.2) is 59.8 Å². The van der Waals surface area contributed by atoms with Crippen molar-refractivity contribution in [1.29, 1.82) is 0 Å². The second-order valence-corrected chi connectivity index (χ2v) is 9.48. The lowest BCUT2D eigenvalue weighted by atomic mass is 10.1. The Morgan fingerprint density at radius 1 is 0.758 bits per heavy atom. The number of thioether (sulfide) groups is 1. The van der Waals surface area contributed by atoms with Crippen LogP contribution in [-0.4, -0.2) is 31.3 Å². The molecular formula is C26H26N2O3S2. The highest BCUT2D eigenvalue weighted by Gasteiger charge is 2.16. The molecule has 0 amide bonds. The number of methoxy groups -OCH3 is 3. The fourth-order valence-corrected chi connectivity index (χ4v) is 5.76. The topological polar surface area (TPSA) is 53.5 Å². The quantitative estimate of drug-likeness (QED) is 0.205. The van der Waals surface area contributed by atoms with Gasteiger partial charge in [-0.05, 0) is 85.1 Å². The minimum absolute atomic E-state index is 0.717. The lowest BCUT2D eigenvalue weighted by Crippen LogP contribution is -1.93. The van der Waals surface area contributed by atoms with E-state index in [9.17, 15) is 0 Å². The normalized spacial score (nSPS) is 10.8. The summed E-state index contributed by atoms with van der Waals surface area (Å²) >= 11 is 3.42. The maximum absolute atomic E-state index is 5.52. The fraction of sp³-hybridized carbons (Fsp3) is 0.231. The van der Waals surface area contributed by atoms with Gasteiger partial charge in [0.2, 0.25) is 0 Å². The molecule has 0 bridgehead atoms. The number of aryl methyl sites for hydroxylation is 2. The molecular weight excluding hydrogens is 452 g/mol. The van der Waals surface area contributed by atoms with Gasteiger partial charge in [0.05, 0.1) is 21.3 Å². The lowest BCUT2D eigenvalue weighted by Gasteiger charge is -2.08. The van der Waals surface area contributed by atoms with E-state index in [-0.39, 0.29) is 0 Å². The van der Waals surface area contributed by atoms with Crippen LogP contribution in [-0.2, 0) is 5.75 Å². The third-order valence-corrected chi connectivity index (χ3v) is 7.32. The molecule has 0 saturated heterocycles. The standard InChI is InChI=1S/C26H26N2O3S2/c1-16-12-17(2)28-26(27-16)32-15-20-14-24(19-8-11-22(30-4)23(13-19)31-5)33-25(20)18-6-9-21(29-3)10-7-18/h6-14H,15H2,1-5H3. The van der Waals surface area contributed by atoms with Crippen LogP contribution in [0, 0.1) is 13.8 Å². The summed E-state index contributed by atoms with van der Waals surface area (Å²) in [6.45, 7) is 4.00. The molecule has 4 rings (SSSR count). The van der Waals surface area contributed by atoms with Crippen LogP contribution in [0.5, 0.6) is 17.2 Å². The number of hydrogen-bond donors (Lipinski definition) is 0.